The van der Waals surface area contributed by atoms with Crippen LogP contribution in [-0.2, 0) is 44.6 Å². The number of benzene rings is 1. The molecule has 0 bridgehead atoms. The fourth-order valence-corrected chi connectivity index (χ4v) is 7.56. The summed E-state index contributed by atoms with van der Waals surface area (Å²) in [6.45, 7) is 11.4. The van der Waals surface area contributed by atoms with Crippen molar-refractivity contribution >= 4 is 29.6 Å². The van der Waals surface area contributed by atoms with Gasteiger partial charge in [0.2, 0.25) is 23.6 Å². The number of esters is 1. The molecular weight excluding hydrogens is 708 g/mol. The Balaban J connectivity index is 2.32. The molecule has 1 aromatic rings. The Bertz CT molecular complexity index is 1460. The van der Waals surface area contributed by atoms with Crippen LogP contribution in [0.3, 0.4) is 0 Å². The zero-order chi connectivity index (χ0) is 41.4. The molecule has 1 aliphatic rings. The van der Waals surface area contributed by atoms with Gasteiger partial charge in [-0.25, -0.2) is 4.79 Å². The molecule has 16 nitrogen and oxygen atoms in total. The SMILES string of the molecule is CC[C@H](C)[C@@H]([C@@H](CC(=O)N1CCC[C@H]1[C@H](OC)[C@@H](C)C(=O)N[C@@H](Cc1ccccc1)C(=O)OC)OC)N(C)C(=O)[C@@H](NC(=O)[C@@H](NC)C(C)C)C(C)N=[N+]=[N-]. The summed E-state index contributed by atoms with van der Waals surface area (Å²) in [7, 11) is 7.53. The van der Waals surface area contributed by atoms with Gasteiger partial charge in [-0.05, 0) is 42.8 Å². The Morgan fingerprint density at radius 1 is 0.982 bits per heavy atom. The van der Waals surface area contributed by atoms with Gasteiger partial charge in [0.25, 0.3) is 0 Å². The van der Waals surface area contributed by atoms with Gasteiger partial charge in [0.15, 0.2) is 0 Å². The second-order valence-electron chi connectivity index (χ2n) is 14.8. The van der Waals surface area contributed by atoms with E-state index in [2.05, 4.69) is 26.0 Å². The summed E-state index contributed by atoms with van der Waals surface area (Å²) < 4.78 is 16.9. The minimum atomic E-state index is -1.17. The lowest BCUT2D eigenvalue weighted by Gasteiger charge is -2.41. The summed E-state index contributed by atoms with van der Waals surface area (Å²) in [4.78, 5) is 74.1. The first-order valence-corrected chi connectivity index (χ1v) is 19.2. The van der Waals surface area contributed by atoms with Gasteiger partial charge < -0.3 is 40.0 Å². The second-order valence-corrected chi connectivity index (χ2v) is 14.8. The molecule has 1 aromatic carbocycles. The molecule has 10 atom stereocenters. The normalized spacial score (nSPS) is 19.1. The molecule has 1 aliphatic heterocycles. The summed E-state index contributed by atoms with van der Waals surface area (Å²) in [5.74, 6) is -3.04. The Morgan fingerprint density at radius 2 is 1.64 bits per heavy atom. The van der Waals surface area contributed by atoms with Crippen molar-refractivity contribution in [2.75, 3.05) is 42.0 Å². The Hall–Kier alpha value is -4.24. The minimum absolute atomic E-state index is 0.0732. The average molecular weight is 773 g/mol. The van der Waals surface area contributed by atoms with E-state index < -0.39 is 78.1 Å². The summed E-state index contributed by atoms with van der Waals surface area (Å²) in [6, 6.07) is 4.69. The highest BCUT2D eigenvalue weighted by atomic mass is 16.5. The number of hydrogen-bond donors (Lipinski definition) is 3. The number of nitrogens with zero attached hydrogens (tertiary/aromatic N) is 5. The molecule has 55 heavy (non-hydrogen) atoms. The molecule has 4 amide bonds. The Labute approximate surface area is 326 Å². The van der Waals surface area contributed by atoms with E-state index in [4.69, 9.17) is 14.2 Å². The maximum Gasteiger partial charge on any atom is 0.328 e. The molecule has 0 aliphatic carbocycles. The van der Waals surface area contributed by atoms with Crippen LogP contribution in [0.25, 0.3) is 10.4 Å². The van der Waals surface area contributed by atoms with E-state index in [1.807, 2.05) is 58.0 Å². The molecular formula is C39H64N8O8. The third kappa shape index (κ3) is 12.6. The van der Waals surface area contributed by atoms with Gasteiger partial charge in [-0.15, -0.1) is 0 Å². The highest BCUT2D eigenvalue weighted by molar-refractivity contribution is 5.91. The molecule has 0 saturated carbocycles. The monoisotopic (exact) mass is 772 g/mol. The van der Waals surface area contributed by atoms with Gasteiger partial charge in [-0.3, -0.25) is 19.2 Å². The zero-order valence-corrected chi connectivity index (χ0v) is 34.5. The topological polar surface area (TPSA) is 204 Å². The molecule has 1 heterocycles. The Morgan fingerprint density at radius 3 is 2.16 bits per heavy atom. The summed E-state index contributed by atoms with van der Waals surface area (Å²) in [5, 5.41) is 12.4. The maximum absolute atomic E-state index is 14.2. The van der Waals surface area contributed by atoms with Gasteiger partial charge in [0.1, 0.15) is 12.1 Å². The fraction of sp³-hybridized carbons (Fsp3) is 0.718. The van der Waals surface area contributed by atoms with E-state index in [1.54, 1.807) is 32.8 Å². The fourth-order valence-electron chi connectivity index (χ4n) is 7.56. The molecule has 0 aromatic heterocycles. The van der Waals surface area contributed by atoms with Gasteiger partial charge in [0, 0.05) is 39.1 Å². The quantitative estimate of drug-likeness (QED) is 0.0684. The molecule has 1 unspecified atom stereocenters. The van der Waals surface area contributed by atoms with Crippen LogP contribution in [0.4, 0.5) is 0 Å². The van der Waals surface area contributed by atoms with Crippen molar-refractivity contribution in [3.05, 3.63) is 46.3 Å². The van der Waals surface area contributed by atoms with Crippen LogP contribution in [-0.4, -0.2) is 130 Å². The average Bonchev–Trinajstić information content (AvgIpc) is 3.66. The van der Waals surface area contributed by atoms with Gasteiger partial charge in [-0.1, -0.05) is 83.4 Å². The number of rotatable bonds is 22. The smallest absolute Gasteiger partial charge is 0.328 e. The number of methoxy groups -OCH3 is 3. The van der Waals surface area contributed by atoms with Crippen molar-refractivity contribution in [1.82, 2.24) is 25.8 Å². The van der Waals surface area contributed by atoms with Crippen molar-refractivity contribution in [1.29, 1.82) is 0 Å². The first-order chi connectivity index (χ1) is 26.1. The molecule has 308 valence electrons. The van der Waals surface area contributed by atoms with E-state index in [0.717, 1.165) is 5.56 Å². The molecule has 0 radical (unpaired) electrons. The predicted octanol–water partition coefficient (Wildman–Crippen LogP) is 3.23. The highest BCUT2D eigenvalue weighted by Crippen LogP contribution is 2.29. The number of likely N-dealkylation sites (N-methyl/N-ethyl adjacent to an activating group) is 2. The number of nitrogens with one attached hydrogen (secondary N) is 3. The summed E-state index contributed by atoms with van der Waals surface area (Å²) in [5.41, 5.74) is 10.1. The van der Waals surface area contributed by atoms with Crippen molar-refractivity contribution in [2.45, 2.75) is 122 Å². The number of azide groups is 1. The van der Waals surface area contributed by atoms with Crippen LogP contribution in [0.2, 0.25) is 0 Å². The van der Waals surface area contributed by atoms with Crippen LogP contribution in [0, 0.1) is 17.8 Å². The molecule has 2 rings (SSSR count). The van der Waals surface area contributed by atoms with E-state index in [-0.39, 0.29) is 30.6 Å². The lowest BCUT2D eigenvalue weighted by molar-refractivity contribution is -0.148. The lowest BCUT2D eigenvalue weighted by atomic mass is 9.89. The number of carbonyl (C=O) groups is 5. The summed E-state index contributed by atoms with van der Waals surface area (Å²) >= 11 is 0. The van der Waals surface area contributed by atoms with Crippen molar-refractivity contribution in [2.24, 2.45) is 22.9 Å². The molecule has 1 saturated heterocycles. The molecule has 3 N–H and O–H groups in total. The number of amides is 4. The number of ether oxygens (including phenoxy) is 3. The van der Waals surface area contributed by atoms with Crippen LogP contribution < -0.4 is 16.0 Å². The van der Waals surface area contributed by atoms with Crippen LogP contribution in [0.1, 0.15) is 72.8 Å². The third-order valence-electron chi connectivity index (χ3n) is 10.9. The molecule has 0 spiro atoms. The van der Waals surface area contributed by atoms with Gasteiger partial charge in [-0.2, -0.15) is 0 Å². The van der Waals surface area contributed by atoms with E-state index in [9.17, 15) is 29.5 Å². The standard InChI is InChI=1S/C39H64N8O8/c1-12-24(4)34(46(8)38(51)33(26(6)44-45-40)43-37(50)32(41-7)23(2)3)30(53-9)22-31(48)47-20-16-19-29(47)35(54-10)25(5)36(49)42-28(39(52)55-11)21-27-17-14-13-15-18-27/h13-15,17-18,23-26,28-30,32-35,41H,12,16,19-22H2,1-11H3,(H,42,49)(H,43,50)/t24-,25+,26?,28-,29-,30+,32-,33-,34-,35+/m0/s1. The van der Waals surface area contributed by atoms with E-state index >= 15 is 0 Å². The van der Waals surface area contributed by atoms with Crippen molar-refractivity contribution < 1.29 is 38.2 Å². The van der Waals surface area contributed by atoms with E-state index in [1.165, 1.54) is 26.2 Å². The van der Waals surface area contributed by atoms with Gasteiger partial charge in [0.05, 0.1) is 55.8 Å². The second kappa shape index (κ2) is 23.0. The van der Waals surface area contributed by atoms with Crippen LogP contribution in [0.15, 0.2) is 35.4 Å². The molecule has 1 fully saturated rings. The zero-order valence-electron chi connectivity index (χ0n) is 34.5. The highest BCUT2D eigenvalue weighted by Gasteiger charge is 2.43. The maximum atomic E-state index is 14.2. The van der Waals surface area contributed by atoms with Gasteiger partial charge >= 0.3 is 5.97 Å². The number of hydrogen-bond acceptors (Lipinski definition) is 10. The first-order valence-electron chi connectivity index (χ1n) is 19.2. The minimum Gasteiger partial charge on any atom is -0.467 e. The van der Waals surface area contributed by atoms with Crippen molar-refractivity contribution in [3.8, 4) is 0 Å². The molecule has 16 heteroatoms. The van der Waals surface area contributed by atoms with Crippen molar-refractivity contribution in [3.63, 3.8) is 0 Å². The predicted molar refractivity (Wildman–Crippen MR) is 208 cm³/mol. The Kier molecular flexibility index (Phi) is 19.6. The lowest BCUT2D eigenvalue weighted by Crippen LogP contribution is -2.60. The van der Waals surface area contributed by atoms with Crippen LogP contribution >= 0.6 is 0 Å². The number of carbonyl (C=O) groups excluding carboxylic acids is 5. The third-order valence-corrected chi connectivity index (χ3v) is 10.9. The summed E-state index contributed by atoms with van der Waals surface area (Å²) in [6.07, 6.45) is 0.681. The number of likely N-dealkylation sites (tertiary alicyclic amines) is 1. The largest absolute Gasteiger partial charge is 0.467 e. The van der Waals surface area contributed by atoms with Crippen LogP contribution in [0.5, 0.6) is 0 Å². The first kappa shape index (κ1) is 46.9. The van der Waals surface area contributed by atoms with E-state index in [0.29, 0.717) is 25.8 Å².